The number of benzene rings is 1. The molecular weight excluding hydrogens is 360 g/mol. The predicted octanol–water partition coefficient (Wildman–Crippen LogP) is 1.59. The van der Waals surface area contributed by atoms with E-state index in [0.717, 1.165) is 12.1 Å². The van der Waals surface area contributed by atoms with Gasteiger partial charge in [0.15, 0.2) is 6.61 Å². The Morgan fingerprint density at radius 3 is 2.70 bits per heavy atom. The second-order valence-electron chi connectivity index (χ2n) is 6.16. The zero-order valence-corrected chi connectivity index (χ0v) is 14.3. The average molecular weight is 377 g/mol. The average Bonchev–Trinajstić information content (AvgIpc) is 2.67. The lowest BCUT2D eigenvalue weighted by Gasteiger charge is -2.31. The van der Waals surface area contributed by atoms with Crippen molar-refractivity contribution in [3.8, 4) is 0 Å². The van der Waals surface area contributed by atoms with Crippen LogP contribution >= 0.6 is 0 Å². The largest absolute Gasteiger partial charge is 0.711 e. The summed E-state index contributed by atoms with van der Waals surface area (Å²) in [7, 11) is 0. The van der Waals surface area contributed by atoms with E-state index < -0.39 is 29.4 Å². The molecule has 1 aliphatic rings. The predicted molar refractivity (Wildman–Crippen MR) is 88.0 cm³/mol. The summed E-state index contributed by atoms with van der Waals surface area (Å²) in [6.45, 7) is 0.268. The maximum absolute atomic E-state index is 13.8. The number of esters is 1. The van der Waals surface area contributed by atoms with Crippen LogP contribution in [0, 0.1) is 22.8 Å². The van der Waals surface area contributed by atoms with Crippen LogP contribution in [0.5, 0.6) is 0 Å². The number of carbonyl (C=O) groups excluding carboxylic acids is 2. The van der Waals surface area contributed by atoms with E-state index in [1.54, 1.807) is 0 Å². The van der Waals surface area contributed by atoms with E-state index in [-0.39, 0.29) is 31.1 Å². The Hall–Kier alpha value is -3.10. The first-order valence-corrected chi connectivity index (χ1v) is 8.39. The lowest BCUT2D eigenvalue weighted by Crippen LogP contribution is -2.41. The molecule has 2 aromatic rings. The van der Waals surface area contributed by atoms with Gasteiger partial charge in [-0.15, -0.1) is 0 Å². The maximum Gasteiger partial charge on any atom is 0.339 e. The van der Waals surface area contributed by atoms with Crippen molar-refractivity contribution in [3.63, 3.8) is 0 Å². The molecule has 1 aliphatic heterocycles. The van der Waals surface area contributed by atoms with Crippen LogP contribution in [0.1, 0.15) is 29.0 Å². The van der Waals surface area contributed by atoms with Gasteiger partial charge in [0, 0.05) is 25.2 Å². The normalized spacial score (nSPS) is 14.8. The van der Waals surface area contributed by atoms with Gasteiger partial charge in [-0.1, -0.05) is 0 Å². The van der Waals surface area contributed by atoms with Gasteiger partial charge in [-0.2, -0.15) is 0 Å². The number of piperidine rings is 1. The highest BCUT2D eigenvalue weighted by molar-refractivity contribution is 5.94. The summed E-state index contributed by atoms with van der Waals surface area (Å²) in [5.74, 6) is -3.03. The van der Waals surface area contributed by atoms with Gasteiger partial charge in [0.1, 0.15) is 17.8 Å². The highest BCUT2D eigenvalue weighted by Gasteiger charge is 2.30. The van der Waals surface area contributed by atoms with E-state index in [0.29, 0.717) is 23.6 Å². The first kappa shape index (κ1) is 18.7. The molecule has 0 aliphatic carbocycles. The number of rotatable bonds is 4. The fraction of sp³-hybridized carbons (Fsp3) is 0.333. The number of hydrogen-bond acceptors (Lipinski definition) is 5. The third-order valence-electron chi connectivity index (χ3n) is 4.41. The number of likely N-dealkylation sites (tertiary alicyclic amines) is 1. The Morgan fingerprint density at radius 2 is 2.04 bits per heavy atom. The summed E-state index contributed by atoms with van der Waals surface area (Å²) < 4.78 is 32.4. The van der Waals surface area contributed by atoms with Gasteiger partial charge in [-0.05, 0) is 30.0 Å². The molecule has 0 atom stereocenters. The van der Waals surface area contributed by atoms with Crippen LogP contribution in [0.25, 0.3) is 0 Å². The van der Waals surface area contributed by atoms with Crippen molar-refractivity contribution >= 4 is 11.9 Å². The summed E-state index contributed by atoms with van der Waals surface area (Å²) in [6, 6.07) is 4.27. The van der Waals surface area contributed by atoms with E-state index in [1.807, 2.05) is 0 Å². The second kappa shape index (κ2) is 8.07. The summed E-state index contributed by atoms with van der Waals surface area (Å²) in [6.07, 6.45) is 3.39. The lowest BCUT2D eigenvalue weighted by atomic mass is 9.96. The topological polar surface area (TPSA) is 86.4 Å². The van der Waals surface area contributed by atoms with E-state index in [9.17, 15) is 23.6 Å². The first-order chi connectivity index (χ1) is 13.0. The molecule has 0 saturated carbocycles. The molecule has 9 heteroatoms. The Labute approximate surface area is 153 Å². The molecule has 27 heavy (non-hydrogen) atoms. The summed E-state index contributed by atoms with van der Waals surface area (Å²) in [4.78, 5) is 29.8. The molecule has 1 fully saturated rings. The Balaban J connectivity index is 1.53. The van der Waals surface area contributed by atoms with Crippen LogP contribution in [0.3, 0.4) is 0 Å². The van der Waals surface area contributed by atoms with Crippen LogP contribution in [0.2, 0.25) is 0 Å². The molecule has 1 amide bonds. The molecule has 0 radical (unpaired) electrons. The van der Waals surface area contributed by atoms with Crippen LogP contribution in [-0.2, 0) is 16.1 Å². The fourth-order valence-corrected chi connectivity index (χ4v) is 2.89. The number of aromatic nitrogens is 2. The number of carbonyl (C=O) groups is 2. The number of nitrogens with zero attached hydrogens (tertiary/aromatic N) is 3. The molecular formula is C18H17F2N3O4. The van der Waals surface area contributed by atoms with Gasteiger partial charge in [0.05, 0.1) is 17.7 Å². The second-order valence-corrected chi connectivity index (χ2v) is 6.16. The van der Waals surface area contributed by atoms with Crippen molar-refractivity contribution in [2.24, 2.45) is 5.92 Å². The molecule has 0 N–H and O–H groups in total. The standard InChI is InChI=1S/C18H17F2N3O4/c19-13-2-3-14(15(20)10-13)17(24)22-8-4-12(5-9-22)18(25)27-11-16-21-6-1-7-23(16)26/h1-3,6-7,10,12H,4-5,8-9,11H2. The van der Waals surface area contributed by atoms with Crippen LogP contribution < -0.4 is 4.73 Å². The van der Waals surface area contributed by atoms with Crippen LogP contribution in [0.4, 0.5) is 8.78 Å². The zero-order valence-electron chi connectivity index (χ0n) is 14.3. The smallest absolute Gasteiger partial charge is 0.339 e. The summed E-state index contributed by atoms with van der Waals surface area (Å²) in [5, 5.41) is 11.5. The minimum atomic E-state index is -0.914. The molecule has 0 spiro atoms. The highest BCUT2D eigenvalue weighted by atomic mass is 19.1. The quantitative estimate of drug-likeness (QED) is 0.459. The van der Waals surface area contributed by atoms with Crippen molar-refractivity contribution in [3.05, 3.63) is 64.9 Å². The molecule has 1 aromatic carbocycles. The molecule has 2 heterocycles. The summed E-state index contributed by atoms with van der Waals surface area (Å²) in [5.41, 5.74) is -0.201. The molecule has 1 saturated heterocycles. The minimum absolute atomic E-state index is 0.0743. The monoisotopic (exact) mass is 377 g/mol. The fourth-order valence-electron chi connectivity index (χ4n) is 2.89. The van der Waals surface area contributed by atoms with Gasteiger partial charge >= 0.3 is 11.8 Å². The molecule has 3 rings (SSSR count). The molecule has 0 bridgehead atoms. The molecule has 1 aromatic heterocycles. The van der Waals surface area contributed by atoms with Gasteiger partial charge in [0.25, 0.3) is 5.91 Å². The van der Waals surface area contributed by atoms with Crippen molar-refractivity contribution in [2.45, 2.75) is 19.4 Å². The van der Waals surface area contributed by atoms with E-state index in [2.05, 4.69) is 4.98 Å². The number of amides is 1. The van der Waals surface area contributed by atoms with Crippen LogP contribution in [-0.4, -0.2) is 34.8 Å². The number of ether oxygens (including phenoxy) is 1. The highest BCUT2D eigenvalue weighted by Crippen LogP contribution is 2.21. The number of halogens is 2. The third-order valence-corrected chi connectivity index (χ3v) is 4.41. The Morgan fingerprint density at radius 1 is 1.30 bits per heavy atom. The van der Waals surface area contributed by atoms with Crippen molar-refractivity contribution in [1.82, 2.24) is 9.88 Å². The molecule has 142 valence electrons. The Kier molecular flexibility index (Phi) is 5.58. The van der Waals surface area contributed by atoms with E-state index in [1.165, 1.54) is 23.4 Å². The first-order valence-electron chi connectivity index (χ1n) is 8.39. The van der Waals surface area contributed by atoms with Crippen LogP contribution in [0.15, 0.2) is 36.7 Å². The lowest BCUT2D eigenvalue weighted by molar-refractivity contribution is -0.620. The molecule has 7 nitrogen and oxygen atoms in total. The molecule has 0 unspecified atom stereocenters. The van der Waals surface area contributed by atoms with Crippen molar-refractivity contribution < 1.29 is 27.8 Å². The van der Waals surface area contributed by atoms with E-state index in [4.69, 9.17) is 4.74 Å². The Bertz CT molecular complexity index is 854. The SMILES string of the molecule is O=C(OCc1nccc[n+]1[O-])C1CCN(C(=O)c2ccc(F)cc2F)CC1. The van der Waals surface area contributed by atoms with Gasteiger partial charge in [0.2, 0.25) is 0 Å². The minimum Gasteiger partial charge on any atom is -0.711 e. The zero-order chi connectivity index (χ0) is 19.4. The van der Waals surface area contributed by atoms with Gasteiger partial charge in [-0.25, -0.2) is 13.5 Å². The van der Waals surface area contributed by atoms with Crippen molar-refractivity contribution in [2.75, 3.05) is 13.1 Å². The van der Waals surface area contributed by atoms with Gasteiger partial charge in [-0.3, -0.25) is 9.59 Å². The number of hydrogen-bond donors (Lipinski definition) is 0. The third kappa shape index (κ3) is 4.36. The van der Waals surface area contributed by atoms with Gasteiger partial charge < -0.3 is 14.8 Å². The van der Waals surface area contributed by atoms with Crippen molar-refractivity contribution in [1.29, 1.82) is 0 Å². The maximum atomic E-state index is 13.8. The summed E-state index contributed by atoms with van der Waals surface area (Å²) >= 11 is 0. The van der Waals surface area contributed by atoms with E-state index >= 15 is 0 Å².